The van der Waals surface area contributed by atoms with Crippen molar-refractivity contribution >= 4 is 11.9 Å². The smallest absolute Gasteiger partial charge is 0.230 e. The number of hydrogen-bond donors (Lipinski definition) is 0. The molecule has 1 heterocycles. The summed E-state index contributed by atoms with van der Waals surface area (Å²) < 4.78 is 13.9. The van der Waals surface area contributed by atoms with Crippen molar-refractivity contribution in [2.75, 3.05) is 19.0 Å². The molecular weight excluding hydrogens is 311 g/mol. The van der Waals surface area contributed by atoms with Crippen molar-refractivity contribution in [3.05, 3.63) is 76.3 Å². The molecule has 0 N–H and O–H groups in total. The van der Waals surface area contributed by atoms with Crippen molar-refractivity contribution < 1.29 is 4.39 Å². The fourth-order valence-corrected chi connectivity index (χ4v) is 2.77. The second-order valence-electron chi connectivity index (χ2n) is 6.29. The number of pyridine rings is 1. The van der Waals surface area contributed by atoms with Crippen molar-refractivity contribution in [1.29, 1.82) is 0 Å². The second-order valence-corrected chi connectivity index (χ2v) is 6.29. The van der Waals surface area contributed by atoms with Gasteiger partial charge in [-0.15, -0.1) is 0 Å². The molecule has 2 nitrogen and oxygen atoms in total. The second kappa shape index (κ2) is 7.36. The van der Waals surface area contributed by atoms with Gasteiger partial charge in [-0.3, -0.25) is 0 Å². The molecule has 0 amide bonds. The first-order chi connectivity index (χ1) is 12.1. The van der Waals surface area contributed by atoms with Crippen molar-refractivity contribution in [2.45, 2.75) is 19.8 Å². The van der Waals surface area contributed by atoms with Crippen LogP contribution < -0.4 is 4.90 Å². The normalized spacial score (nSPS) is 12.6. The van der Waals surface area contributed by atoms with Crippen molar-refractivity contribution in [3.63, 3.8) is 0 Å². The van der Waals surface area contributed by atoms with E-state index in [1.807, 2.05) is 20.2 Å². The van der Waals surface area contributed by atoms with Crippen molar-refractivity contribution in [1.82, 2.24) is 4.98 Å². The summed E-state index contributed by atoms with van der Waals surface area (Å²) in [5.74, 6) is 5.77. The predicted molar refractivity (Wildman–Crippen MR) is 102 cm³/mol. The number of anilines is 1. The molecule has 0 aliphatic heterocycles. The van der Waals surface area contributed by atoms with E-state index in [0.29, 0.717) is 11.4 Å². The van der Waals surface area contributed by atoms with Crippen LogP contribution in [0.1, 0.15) is 29.2 Å². The lowest BCUT2D eigenvalue weighted by Crippen LogP contribution is -2.11. The van der Waals surface area contributed by atoms with E-state index < -0.39 is 5.95 Å². The topological polar surface area (TPSA) is 16.1 Å². The van der Waals surface area contributed by atoms with E-state index in [9.17, 15) is 4.39 Å². The first-order valence-corrected chi connectivity index (χ1v) is 8.41. The van der Waals surface area contributed by atoms with E-state index >= 15 is 0 Å². The number of benzene rings is 1. The average molecular weight is 332 g/mol. The van der Waals surface area contributed by atoms with E-state index in [1.54, 1.807) is 23.1 Å². The third-order valence-electron chi connectivity index (χ3n) is 4.23. The number of halogens is 1. The maximum atomic E-state index is 13.9. The molecule has 3 rings (SSSR count). The van der Waals surface area contributed by atoms with Crippen LogP contribution in [-0.2, 0) is 12.8 Å². The summed E-state index contributed by atoms with van der Waals surface area (Å²) in [6, 6.07) is 10.1. The molecule has 0 saturated heterocycles. The highest BCUT2D eigenvalue weighted by atomic mass is 19.1. The van der Waals surface area contributed by atoms with Crippen LogP contribution in [0.5, 0.6) is 0 Å². The summed E-state index contributed by atoms with van der Waals surface area (Å²) in [7, 11) is 3.65. The van der Waals surface area contributed by atoms with Gasteiger partial charge in [0.05, 0.1) is 5.56 Å². The van der Waals surface area contributed by atoms with E-state index in [-0.39, 0.29) is 0 Å². The van der Waals surface area contributed by atoms with Gasteiger partial charge in [-0.1, -0.05) is 49.1 Å². The Hall–Kier alpha value is -2.86. The minimum absolute atomic E-state index is 0.312. The Kier molecular flexibility index (Phi) is 5.00. The fourth-order valence-electron chi connectivity index (χ4n) is 2.77. The van der Waals surface area contributed by atoms with Gasteiger partial charge in [-0.2, -0.15) is 4.39 Å². The molecule has 3 heteroatoms. The molecule has 0 radical (unpaired) electrons. The molecule has 0 bridgehead atoms. The summed E-state index contributed by atoms with van der Waals surface area (Å²) in [5.41, 5.74) is 5.52. The standard InChI is InChI=1S/C22H21FN2/c1-4-16-9-10-19-14-17(15-20(19)13-16)7-5-6-8-18-11-12-21(25(2)3)24-22(18)23/h5,7,9-13,15H,4,14H2,1-3H3/b7-5+. The minimum Gasteiger partial charge on any atom is -0.363 e. The summed E-state index contributed by atoms with van der Waals surface area (Å²) in [6.45, 7) is 2.16. The number of rotatable bonds is 3. The number of aryl methyl sites for hydroxylation is 1. The van der Waals surface area contributed by atoms with E-state index in [2.05, 4.69) is 48.0 Å². The van der Waals surface area contributed by atoms with Crippen LogP contribution in [0.3, 0.4) is 0 Å². The molecule has 0 fully saturated rings. The summed E-state index contributed by atoms with van der Waals surface area (Å²) in [5, 5.41) is 0. The van der Waals surface area contributed by atoms with Crippen molar-refractivity contribution in [3.8, 4) is 11.8 Å². The van der Waals surface area contributed by atoms with Gasteiger partial charge in [-0.05, 0) is 53.3 Å². The van der Waals surface area contributed by atoms with Crippen molar-refractivity contribution in [2.24, 2.45) is 0 Å². The molecule has 1 aromatic carbocycles. The molecule has 1 aliphatic rings. The van der Waals surface area contributed by atoms with Gasteiger partial charge in [0.15, 0.2) is 0 Å². The Morgan fingerprint density at radius 2 is 2.08 bits per heavy atom. The van der Waals surface area contributed by atoms with Gasteiger partial charge >= 0.3 is 0 Å². The lowest BCUT2D eigenvalue weighted by Gasteiger charge is -2.10. The number of aromatic nitrogens is 1. The highest BCUT2D eigenvalue weighted by Crippen LogP contribution is 2.26. The molecule has 0 spiro atoms. The van der Waals surface area contributed by atoms with Gasteiger partial charge in [0.1, 0.15) is 5.82 Å². The third-order valence-corrected chi connectivity index (χ3v) is 4.23. The monoisotopic (exact) mass is 332 g/mol. The fraction of sp³-hybridized carbons (Fsp3) is 0.227. The van der Waals surface area contributed by atoms with E-state index in [1.165, 1.54) is 22.3 Å². The number of allylic oxidation sites excluding steroid dienone is 3. The van der Waals surface area contributed by atoms with Gasteiger partial charge in [-0.25, -0.2) is 4.98 Å². The third kappa shape index (κ3) is 3.97. The maximum Gasteiger partial charge on any atom is 0.230 e. The van der Waals surface area contributed by atoms with Crippen LogP contribution in [-0.4, -0.2) is 19.1 Å². The van der Waals surface area contributed by atoms with Crippen LogP contribution >= 0.6 is 0 Å². The zero-order valence-electron chi connectivity index (χ0n) is 14.8. The van der Waals surface area contributed by atoms with Crippen LogP contribution in [0, 0.1) is 17.8 Å². The maximum absolute atomic E-state index is 13.9. The number of hydrogen-bond acceptors (Lipinski definition) is 2. The molecule has 0 atom stereocenters. The first-order valence-electron chi connectivity index (χ1n) is 8.41. The molecular formula is C22H21FN2. The largest absolute Gasteiger partial charge is 0.363 e. The number of nitrogens with zero attached hydrogens (tertiary/aromatic N) is 2. The summed E-state index contributed by atoms with van der Waals surface area (Å²) in [4.78, 5) is 5.65. The van der Waals surface area contributed by atoms with Crippen LogP contribution in [0.4, 0.5) is 10.2 Å². The zero-order valence-corrected chi connectivity index (χ0v) is 14.8. The summed E-state index contributed by atoms with van der Waals surface area (Å²) in [6.07, 6.45) is 7.94. The molecule has 1 aliphatic carbocycles. The Bertz CT molecular complexity index is 911. The predicted octanol–water partition coefficient (Wildman–Crippen LogP) is 4.40. The molecule has 2 aromatic rings. The molecule has 25 heavy (non-hydrogen) atoms. The van der Waals surface area contributed by atoms with E-state index in [0.717, 1.165) is 12.8 Å². The highest BCUT2D eigenvalue weighted by molar-refractivity contribution is 5.67. The SMILES string of the molecule is CCc1ccc2c(c1)C=C(/C=C/C#Cc1ccc(N(C)C)nc1F)C2. The molecule has 0 unspecified atom stereocenters. The van der Waals surface area contributed by atoms with Crippen LogP contribution in [0.2, 0.25) is 0 Å². The quantitative estimate of drug-likeness (QED) is 0.612. The van der Waals surface area contributed by atoms with Crippen LogP contribution in [0.25, 0.3) is 6.08 Å². The Labute approximate surface area is 148 Å². The molecule has 1 aromatic heterocycles. The van der Waals surface area contributed by atoms with Gasteiger partial charge in [0.25, 0.3) is 0 Å². The molecule has 0 saturated carbocycles. The highest BCUT2D eigenvalue weighted by Gasteiger charge is 2.10. The van der Waals surface area contributed by atoms with Crippen LogP contribution in [0.15, 0.2) is 48.1 Å². The van der Waals surface area contributed by atoms with Gasteiger partial charge < -0.3 is 4.90 Å². The Balaban J connectivity index is 1.70. The average Bonchev–Trinajstić information content (AvgIpc) is 3.01. The number of fused-ring (bicyclic) bond motifs is 1. The van der Waals surface area contributed by atoms with Gasteiger partial charge in [0, 0.05) is 14.1 Å². The Morgan fingerprint density at radius 1 is 1.24 bits per heavy atom. The Morgan fingerprint density at radius 3 is 2.80 bits per heavy atom. The van der Waals surface area contributed by atoms with Gasteiger partial charge in [0.2, 0.25) is 5.95 Å². The van der Waals surface area contributed by atoms with E-state index in [4.69, 9.17) is 0 Å². The first kappa shape index (κ1) is 17.0. The zero-order chi connectivity index (χ0) is 17.8. The lowest BCUT2D eigenvalue weighted by atomic mass is 10.0. The molecule has 126 valence electrons. The minimum atomic E-state index is -0.535. The summed E-state index contributed by atoms with van der Waals surface area (Å²) >= 11 is 0. The lowest BCUT2D eigenvalue weighted by molar-refractivity contribution is 0.580.